The van der Waals surface area contributed by atoms with Crippen molar-refractivity contribution in [3.63, 3.8) is 0 Å². The maximum atomic E-state index is 12.6. The van der Waals surface area contributed by atoms with Crippen LogP contribution in [0.15, 0.2) is 83.4 Å². The van der Waals surface area contributed by atoms with Crippen molar-refractivity contribution < 1.29 is 18.9 Å². The molecule has 0 aliphatic carbocycles. The summed E-state index contributed by atoms with van der Waals surface area (Å²) in [5.74, 6) is 1.21. The molecule has 4 aromatic rings. The molecule has 0 spiro atoms. The fourth-order valence-corrected chi connectivity index (χ4v) is 5.01. The van der Waals surface area contributed by atoms with Crippen molar-refractivity contribution in [2.24, 2.45) is 5.41 Å². The Hall–Kier alpha value is -4.77. The number of hydrogen-bond acceptors (Lipinski definition) is 7. The highest BCUT2D eigenvalue weighted by Gasteiger charge is 2.43. The number of nitrogens with one attached hydrogen (secondary N) is 2. The molecule has 11 heteroatoms. The van der Waals surface area contributed by atoms with Crippen molar-refractivity contribution in [1.82, 2.24) is 10.3 Å². The number of thiocarbonyl (C=S) groups is 1. The van der Waals surface area contributed by atoms with Gasteiger partial charge in [0.2, 0.25) is 5.91 Å². The van der Waals surface area contributed by atoms with Crippen LogP contribution in [-0.2, 0) is 4.79 Å². The monoisotopic (exact) mass is 571 g/mol. The van der Waals surface area contributed by atoms with E-state index in [-0.39, 0.29) is 17.6 Å². The van der Waals surface area contributed by atoms with Gasteiger partial charge in [0, 0.05) is 29.4 Å². The number of nitrogens with zero attached hydrogens (tertiary/aromatic N) is 3. The van der Waals surface area contributed by atoms with E-state index in [9.17, 15) is 14.9 Å². The highest BCUT2D eigenvalue weighted by atomic mass is 32.1. The Morgan fingerprint density at radius 3 is 2.56 bits per heavy atom. The Balaban J connectivity index is 1.58. The molecular weight excluding hydrogens is 542 g/mol. The normalized spacial score (nSPS) is 16.8. The summed E-state index contributed by atoms with van der Waals surface area (Å²) in [4.78, 5) is 30.3. The van der Waals surface area contributed by atoms with Crippen LogP contribution < -0.4 is 20.3 Å². The Bertz CT molecular complexity index is 1620. The first-order valence-corrected chi connectivity index (χ1v) is 13.3. The second-order valence-electron chi connectivity index (χ2n) is 10.6. The number of carbonyl (C=O) groups is 1. The lowest BCUT2D eigenvalue weighted by Crippen LogP contribution is -2.30. The summed E-state index contributed by atoms with van der Waals surface area (Å²) in [5, 5.41) is 18.4. The molecular formula is C30H29N5O5S. The first kappa shape index (κ1) is 27.8. The van der Waals surface area contributed by atoms with Crippen LogP contribution >= 0.6 is 12.2 Å². The third-order valence-corrected chi connectivity index (χ3v) is 7.09. The first-order valence-electron chi connectivity index (χ1n) is 12.9. The summed E-state index contributed by atoms with van der Waals surface area (Å²) in [6.07, 6.45) is 1.70. The Morgan fingerprint density at radius 2 is 1.88 bits per heavy atom. The second kappa shape index (κ2) is 11.0. The molecule has 0 unspecified atom stereocenters. The van der Waals surface area contributed by atoms with Gasteiger partial charge in [-0.3, -0.25) is 19.9 Å². The molecule has 1 aliphatic heterocycles. The van der Waals surface area contributed by atoms with E-state index in [1.54, 1.807) is 48.7 Å². The molecule has 0 radical (unpaired) electrons. The van der Waals surface area contributed by atoms with Crippen LogP contribution in [0, 0.1) is 15.5 Å². The van der Waals surface area contributed by atoms with Crippen molar-refractivity contribution in [1.29, 1.82) is 0 Å². The number of nitro benzene ring substituents is 1. The summed E-state index contributed by atoms with van der Waals surface area (Å²) in [7, 11) is 1.53. The van der Waals surface area contributed by atoms with Crippen LogP contribution in [0.4, 0.5) is 17.1 Å². The van der Waals surface area contributed by atoms with Gasteiger partial charge >= 0.3 is 0 Å². The fraction of sp³-hybridized carbons (Fsp3) is 0.233. The molecule has 2 atom stereocenters. The van der Waals surface area contributed by atoms with Crippen molar-refractivity contribution in [3.8, 4) is 17.1 Å². The number of aromatic nitrogens is 1. The van der Waals surface area contributed by atoms with Gasteiger partial charge in [-0.1, -0.05) is 39.0 Å². The largest absolute Gasteiger partial charge is 0.494 e. The number of para-hydroxylation sites is 1. The minimum absolute atomic E-state index is 0.0516. The average Bonchev–Trinajstić information content (AvgIpc) is 3.58. The van der Waals surface area contributed by atoms with E-state index < -0.39 is 16.4 Å². The van der Waals surface area contributed by atoms with Gasteiger partial charge in [0.25, 0.3) is 5.69 Å². The van der Waals surface area contributed by atoms with Crippen molar-refractivity contribution in [2.45, 2.75) is 32.9 Å². The van der Waals surface area contributed by atoms with E-state index in [2.05, 4.69) is 15.6 Å². The molecule has 2 N–H and O–H groups in total. The molecule has 0 saturated carbocycles. The molecule has 10 nitrogen and oxygen atoms in total. The van der Waals surface area contributed by atoms with Crippen LogP contribution in [0.3, 0.4) is 0 Å². The highest BCUT2D eigenvalue weighted by molar-refractivity contribution is 7.80. The maximum absolute atomic E-state index is 12.6. The molecule has 41 heavy (non-hydrogen) atoms. The number of nitro groups is 1. The summed E-state index contributed by atoms with van der Waals surface area (Å²) in [5.41, 5.74) is 1.70. The second-order valence-corrected chi connectivity index (χ2v) is 10.9. The Morgan fingerprint density at radius 1 is 1.12 bits per heavy atom. The highest BCUT2D eigenvalue weighted by Crippen LogP contribution is 2.45. The molecule has 1 amide bonds. The van der Waals surface area contributed by atoms with Gasteiger partial charge in [0.15, 0.2) is 5.11 Å². The number of pyridine rings is 1. The quantitative estimate of drug-likeness (QED) is 0.147. The van der Waals surface area contributed by atoms with Gasteiger partial charge in [0.1, 0.15) is 23.3 Å². The first-order chi connectivity index (χ1) is 19.6. The van der Waals surface area contributed by atoms with Crippen LogP contribution in [-0.4, -0.2) is 28.0 Å². The van der Waals surface area contributed by atoms with Gasteiger partial charge in [-0.25, -0.2) is 0 Å². The molecule has 0 bridgehead atoms. The zero-order valence-electron chi connectivity index (χ0n) is 23.0. The van der Waals surface area contributed by atoms with E-state index >= 15 is 0 Å². The van der Waals surface area contributed by atoms with Gasteiger partial charge < -0.3 is 24.7 Å². The third-order valence-electron chi connectivity index (χ3n) is 6.78. The lowest BCUT2D eigenvalue weighted by atomic mass is 9.95. The molecule has 1 aliphatic rings. The standard InChI is InChI=1S/C30H29N5O5S/c1-30(2,3)28(36)32-20-13-12-18(17-25(20)39-4)34-27(26(33-29(34)41)21-10-7-8-16-31-21)24-15-14-23(40-24)19-9-5-6-11-22(19)35(37)38/h5-17,26-27H,1-4H3,(H,32,36)(H,33,41)/t26-,27-/m0/s1. The number of benzene rings is 2. The number of hydrogen-bond donors (Lipinski definition) is 2. The molecule has 2 aromatic carbocycles. The van der Waals surface area contributed by atoms with E-state index in [1.807, 2.05) is 49.9 Å². The van der Waals surface area contributed by atoms with E-state index in [0.717, 1.165) is 5.69 Å². The van der Waals surface area contributed by atoms with Crippen LogP contribution in [0.1, 0.15) is 44.3 Å². The zero-order valence-corrected chi connectivity index (χ0v) is 23.8. The number of rotatable bonds is 7. The summed E-state index contributed by atoms with van der Waals surface area (Å²) in [6.45, 7) is 5.50. The lowest BCUT2D eigenvalue weighted by Gasteiger charge is -2.27. The third kappa shape index (κ3) is 5.48. The molecule has 5 rings (SSSR count). The number of furan rings is 1. The molecule has 1 saturated heterocycles. The number of ether oxygens (including phenoxy) is 1. The molecule has 2 aromatic heterocycles. The van der Waals surface area contributed by atoms with E-state index in [4.69, 9.17) is 21.4 Å². The van der Waals surface area contributed by atoms with E-state index in [1.165, 1.54) is 13.2 Å². The minimum Gasteiger partial charge on any atom is -0.494 e. The lowest BCUT2D eigenvalue weighted by molar-refractivity contribution is -0.384. The van der Waals surface area contributed by atoms with Crippen molar-refractivity contribution in [2.75, 3.05) is 17.3 Å². The summed E-state index contributed by atoms with van der Waals surface area (Å²) < 4.78 is 11.9. The summed E-state index contributed by atoms with van der Waals surface area (Å²) >= 11 is 5.81. The van der Waals surface area contributed by atoms with Crippen molar-refractivity contribution in [3.05, 3.63) is 101 Å². The predicted molar refractivity (Wildman–Crippen MR) is 160 cm³/mol. The SMILES string of the molecule is COc1cc(N2C(=S)N[C@@H](c3ccccn3)[C@@H]2c2ccc(-c3ccccc3[N+](=O)[O-])o2)ccc1NC(=O)C(C)(C)C. The maximum Gasteiger partial charge on any atom is 0.280 e. The summed E-state index contributed by atoms with van der Waals surface area (Å²) in [6, 6.07) is 20.1. The Labute approximate surface area is 242 Å². The molecule has 1 fully saturated rings. The van der Waals surface area contributed by atoms with Crippen LogP contribution in [0.25, 0.3) is 11.3 Å². The Kier molecular flexibility index (Phi) is 7.46. The van der Waals surface area contributed by atoms with Gasteiger partial charge in [-0.2, -0.15) is 0 Å². The number of carbonyl (C=O) groups excluding carboxylic acids is 1. The van der Waals surface area contributed by atoms with Crippen LogP contribution in [0.2, 0.25) is 0 Å². The van der Waals surface area contributed by atoms with Crippen LogP contribution in [0.5, 0.6) is 5.75 Å². The van der Waals surface area contributed by atoms with E-state index in [0.29, 0.717) is 39.3 Å². The fourth-order valence-electron chi connectivity index (χ4n) is 4.66. The van der Waals surface area contributed by atoms with Gasteiger partial charge in [-0.15, -0.1) is 0 Å². The van der Waals surface area contributed by atoms with Gasteiger partial charge in [-0.05, 0) is 54.7 Å². The predicted octanol–water partition coefficient (Wildman–Crippen LogP) is 6.42. The number of methoxy groups -OCH3 is 1. The zero-order chi connectivity index (χ0) is 29.3. The average molecular weight is 572 g/mol. The number of amides is 1. The number of anilines is 2. The van der Waals surface area contributed by atoms with Gasteiger partial charge in [0.05, 0.1) is 35.0 Å². The molecule has 3 heterocycles. The van der Waals surface area contributed by atoms with Crippen molar-refractivity contribution >= 4 is 40.3 Å². The minimum atomic E-state index is -0.587. The molecule has 210 valence electrons. The topological polar surface area (TPSA) is 123 Å². The smallest absolute Gasteiger partial charge is 0.280 e.